The van der Waals surface area contributed by atoms with Crippen molar-refractivity contribution in [1.82, 2.24) is 4.90 Å². The number of hydrogen-bond acceptors (Lipinski definition) is 4. The van der Waals surface area contributed by atoms with E-state index < -0.39 is 12.0 Å². The highest BCUT2D eigenvalue weighted by atomic mass is 16.7. The topological polar surface area (TPSA) is 76.1 Å². The van der Waals surface area contributed by atoms with Crippen LogP contribution in [0, 0.1) is 5.92 Å². The molecule has 1 aromatic carbocycles. The molecule has 2 aliphatic heterocycles. The first-order valence-corrected chi connectivity index (χ1v) is 8.11. The Bertz CT molecular complexity index is 658. The number of carboxylic acids is 1. The molecule has 23 heavy (non-hydrogen) atoms. The summed E-state index contributed by atoms with van der Waals surface area (Å²) in [4.78, 5) is 26.4. The molecular weight excluding hydrogens is 298 g/mol. The Morgan fingerprint density at radius 3 is 2.83 bits per heavy atom. The van der Waals surface area contributed by atoms with E-state index in [2.05, 4.69) is 0 Å². The molecule has 0 radical (unpaired) electrons. The monoisotopic (exact) mass is 317 g/mol. The van der Waals surface area contributed by atoms with E-state index in [1.54, 1.807) is 23.1 Å². The van der Waals surface area contributed by atoms with E-state index in [9.17, 15) is 14.7 Å². The number of carboxylic acid groups (broad SMARTS) is 1. The summed E-state index contributed by atoms with van der Waals surface area (Å²) in [5.74, 6) is 0.0948. The third kappa shape index (κ3) is 2.24. The number of carbonyl (C=O) groups excluding carboxylic acids is 1. The molecule has 122 valence electrons. The molecule has 0 unspecified atom stereocenters. The van der Waals surface area contributed by atoms with Gasteiger partial charge in [-0.1, -0.05) is 18.9 Å². The Labute approximate surface area is 134 Å². The number of carbonyl (C=O) groups is 2. The molecule has 2 fully saturated rings. The van der Waals surface area contributed by atoms with Gasteiger partial charge in [0.1, 0.15) is 6.04 Å². The van der Waals surface area contributed by atoms with Gasteiger partial charge in [0.25, 0.3) is 5.91 Å². The summed E-state index contributed by atoms with van der Waals surface area (Å²) >= 11 is 0. The highest BCUT2D eigenvalue weighted by molar-refractivity contribution is 6.00. The molecule has 0 spiro atoms. The second-order valence-electron chi connectivity index (χ2n) is 6.45. The lowest BCUT2D eigenvalue weighted by atomic mass is 9.84. The summed E-state index contributed by atoms with van der Waals surface area (Å²) in [6, 6.07) is 4.46. The summed E-state index contributed by atoms with van der Waals surface area (Å²) < 4.78 is 10.7. The van der Waals surface area contributed by atoms with E-state index in [1.165, 1.54) is 0 Å². The van der Waals surface area contributed by atoms with E-state index in [-0.39, 0.29) is 18.7 Å². The van der Waals surface area contributed by atoms with Gasteiger partial charge in [-0.25, -0.2) is 4.79 Å². The van der Waals surface area contributed by atoms with Crippen LogP contribution >= 0.6 is 0 Å². The van der Waals surface area contributed by atoms with Gasteiger partial charge in [0, 0.05) is 6.04 Å². The zero-order valence-corrected chi connectivity index (χ0v) is 12.7. The third-order valence-corrected chi connectivity index (χ3v) is 5.23. The number of ether oxygens (including phenoxy) is 2. The van der Waals surface area contributed by atoms with Gasteiger partial charge in [-0.15, -0.1) is 0 Å². The van der Waals surface area contributed by atoms with Crippen LogP contribution in [-0.2, 0) is 4.79 Å². The van der Waals surface area contributed by atoms with Crippen molar-refractivity contribution in [3.8, 4) is 11.5 Å². The minimum atomic E-state index is -0.919. The molecule has 1 amide bonds. The minimum absolute atomic E-state index is 0.0236. The molecule has 1 N–H and O–H groups in total. The van der Waals surface area contributed by atoms with Crippen molar-refractivity contribution in [2.45, 2.75) is 44.2 Å². The molecule has 0 aromatic heterocycles. The highest BCUT2D eigenvalue weighted by Gasteiger charge is 2.48. The quantitative estimate of drug-likeness (QED) is 0.905. The van der Waals surface area contributed by atoms with Crippen LogP contribution in [0.15, 0.2) is 18.2 Å². The van der Waals surface area contributed by atoms with Crippen molar-refractivity contribution in [3.63, 3.8) is 0 Å². The van der Waals surface area contributed by atoms with Crippen molar-refractivity contribution in [1.29, 1.82) is 0 Å². The van der Waals surface area contributed by atoms with Crippen LogP contribution in [0.4, 0.5) is 0 Å². The Kier molecular flexibility index (Phi) is 3.39. The first kappa shape index (κ1) is 14.4. The fourth-order valence-corrected chi connectivity index (χ4v) is 4.21. The molecule has 3 atom stereocenters. The Hall–Kier alpha value is -2.24. The number of fused-ring (bicyclic) bond motifs is 2. The van der Waals surface area contributed by atoms with Crippen LogP contribution in [0.3, 0.4) is 0 Å². The zero-order chi connectivity index (χ0) is 16.0. The number of para-hydroxylation sites is 1. The predicted molar refractivity (Wildman–Crippen MR) is 80.5 cm³/mol. The van der Waals surface area contributed by atoms with Crippen molar-refractivity contribution < 1.29 is 24.2 Å². The van der Waals surface area contributed by atoms with Gasteiger partial charge in [0.2, 0.25) is 6.79 Å². The fraction of sp³-hybridized carbons (Fsp3) is 0.529. The van der Waals surface area contributed by atoms with Gasteiger partial charge in [-0.3, -0.25) is 4.79 Å². The van der Waals surface area contributed by atoms with Crippen molar-refractivity contribution in [2.24, 2.45) is 5.92 Å². The van der Waals surface area contributed by atoms with Gasteiger partial charge in [-0.2, -0.15) is 0 Å². The summed E-state index contributed by atoms with van der Waals surface area (Å²) in [6.45, 7) is 0.0913. The maximum atomic E-state index is 13.1. The number of hydrogen-bond donors (Lipinski definition) is 1. The molecule has 0 bridgehead atoms. The molecular formula is C17H19NO5. The number of aliphatic carboxylic acids is 1. The van der Waals surface area contributed by atoms with Crippen LogP contribution in [0.2, 0.25) is 0 Å². The molecule has 3 aliphatic rings. The summed E-state index contributed by atoms with van der Waals surface area (Å²) in [7, 11) is 0. The first-order chi connectivity index (χ1) is 11.2. The Balaban J connectivity index is 1.71. The normalized spacial score (nSPS) is 28.5. The molecule has 4 rings (SSSR count). The molecule has 6 nitrogen and oxygen atoms in total. The largest absolute Gasteiger partial charge is 0.480 e. The lowest BCUT2D eigenvalue weighted by Gasteiger charge is -2.33. The molecule has 1 saturated heterocycles. The second kappa shape index (κ2) is 5.44. The van der Waals surface area contributed by atoms with Gasteiger partial charge in [0.05, 0.1) is 5.56 Å². The lowest BCUT2D eigenvalue weighted by Crippen LogP contribution is -2.46. The molecule has 1 saturated carbocycles. The number of likely N-dealkylation sites (tertiary alicyclic amines) is 1. The summed E-state index contributed by atoms with van der Waals surface area (Å²) in [5.41, 5.74) is 0.400. The molecule has 6 heteroatoms. The highest BCUT2D eigenvalue weighted by Crippen LogP contribution is 2.43. The number of benzene rings is 1. The van der Waals surface area contributed by atoms with E-state index >= 15 is 0 Å². The van der Waals surface area contributed by atoms with Gasteiger partial charge in [0.15, 0.2) is 11.5 Å². The maximum absolute atomic E-state index is 13.1. The van der Waals surface area contributed by atoms with Crippen LogP contribution in [0.1, 0.15) is 42.5 Å². The third-order valence-electron chi connectivity index (χ3n) is 5.23. The number of rotatable bonds is 2. The smallest absolute Gasteiger partial charge is 0.326 e. The van der Waals surface area contributed by atoms with Crippen LogP contribution < -0.4 is 9.47 Å². The van der Waals surface area contributed by atoms with E-state index in [0.29, 0.717) is 29.4 Å². The Morgan fingerprint density at radius 2 is 2.00 bits per heavy atom. The SMILES string of the molecule is O=C(O)[C@@H]1C[C@H]2CCCC[C@@H]2N1C(=O)c1cccc2c1OCO2. The zero-order valence-electron chi connectivity index (χ0n) is 12.7. The standard InChI is InChI=1S/C17H19NO5/c19-16(11-5-3-7-14-15(11)23-9-22-14)18-12-6-2-1-4-10(12)8-13(18)17(20)21/h3,5,7,10,12-13H,1-2,4,6,8-9H2,(H,20,21)/t10-,12+,13+/m1/s1. The Morgan fingerprint density at radius 1 is 1.17 bits per heavy atom. The van der Waals surface area contributed by atoms with E-state index in [1.807, 2.05) is 0 Å². The molecule has 1 aliphatic carbocycles. The lowest BCUT2D eigenvalue weighted by molar-refractivity contribution is -0.141. The predicted octanol–water partition coefficient (Wildman–Crippen LogP) is 2.27. The van der Waals surface area contributed by atoms with Crippen molar-refractivity contribution in [3.05, 3.63) is 23.8 Å². The van der Waals surface area contributed by atoms with Crippen LogP contribution in [0.5, 0.6) is 11.5 Å². The van der Waals surface area contributed by atoms with Gasteiger partial charge in [-0.05, 0) is 37.3 Å². The first-order valence-electron chi connectivity index (χ1n) is 8.11. The summed E-state index contributed by atoms with van der Waals surface area (Å²) in [6.07, 6.45) is 4.60. The maximum Gasteiger partial charge on any atom is 0.326 e. The fourth-order valence-electron chi connectivity index (χ4n) is 4.21. The summed E-state index contributed by atoms with van der Waals surface area (Å²) in [5, 5.41) is 9.57. The van der Waals surface area contributed by atoms with Crippen molar-refractivity contribution >= 4 is 11.9 Å². The van der Waals surface area contributed by atoms with E-state index in [4.69, 9.17) is 9.47 Å². The van der Waals surface area contributed by atoms with Gasteiger partial charge < -0.3 is 19.5 Å². The van der Waals surface area contributed by atoms with Gasteiger partial charge >= 0.3 is 5.97 Å². The second-order valence-corrected chi connectivity index (χ2v) is 6.45. The van der Waals surface area contributed by atoms with Crippen LogP contribution in [0.25, 0.3) is 0 Å². The molecule has 2 heterocycles. The number of nitrogens with zero attached hydrogens (tertiary/aromatic N) is 1. The average Bonchev–Trinajstić information content (AvgIpc) is 3.18. The van der Waals surface area contributed by atoms with E-state index in [0.717, 1.165) is 25.7 Å². The van der Waals surface area contributed by atoms with Crippen molar-refractivity contribution in [2.75, 3.05) is 6.79 Å². The molecule has 1 aromatic rings. The van der Waals surface area contributed by atoms with Crippen LogP contribution in [-0.4, -0.2) is 40.8 Å². The average molecular weight is 317 g/mol. The number of amides is 1. The minimum Gasteiger partial charge on any atom is -0.480 e.